The minimum atomic E-state index is -2.48. The van der Waals surface area contributed by atoms with Gasteiger partial charge in [-0.2, -0.15) is 5.10 Å². The van der Waals surface area contributed by atoms with E-state index in [1.54, 1.807) is 23.3 Å². The van der Waals surface area contributed by atoms with E-state index in [0.29, 0.717) is 31.2 Å². The predicted octanol–water partition coefficient (Wildman–Crippen LogP) is 1.63. The Labute approximate surface area is 184 Å². The van der Waals surface area contributed by atoms with E-state index in [-0.39, 0.29) is 18.0 Å². The Morgan fingerprint density at radius 1 is 1.22 bits per heavy atom. The Balaban J connectivity index is 1.05. The molecule has 2 saturated carbocycles. The summed E-state index contributed by atoms with van der Waals surface area (Å²) in [6, 6.07) is 4.33. The van der Waals surface area contributed by atoms with Gasteiger partial charge in [0.2, 0.25) is 0 Å². The van der Waals surface area contributed by atoms with Crippen molar-refractivity contribution >= 4 is 17.9 Å². The van der Waals surface area contributed by atoms with Crippen LogP contribution >= 0.6 is 0 Å². The van der Waals surface area contributed by atoms with Gasteiger partial charge in [0, 0.05) is 26.3 Å². The first kappa shape index (κ1) is 19.6. The number of aromatic nitrogens is 3. The average molecular weight is 441 g/mol. The molecule has 1 saturated heterocycles. The zero-order valence-corrected chi connectivity index (χ0v) is 17.7. The highest BCUT2D eigenvalue weighted by Crippen LogP contribution is 2.59. The van der Waals surface area contributed by atoms with Crippen molar-refractivity contribution < 1.29 is 13.6 Å². The van der Waals surface area contributed by atoms with Crippen molar-refractivity contribution in [3.8, 4) is 0 Å². The molecule has 2 aromatic rings. The summed E-state index contributed by atoms with van der Waals surface area (Å²) in [6.45, 7) is 1.21. The number of hydrogen-bond acceptors (Lipinski definition) is 6. The van der Waals surface area contributed by atoms with Crippen molar-refractivity contribution in [3.63, 3.8) is 0 Å². The maximum absolute atomic E-state index is 13.4. The van der Waals surface area contributed by atoms with Gasteiger partial charge < -0.3 is 15.1 Å². The SMILES string of the molecule is CN1C=NC2C1CC[C@H]2NC(=O)c1cnn(Cc2ccc(N3CC4C(C3)C4(F)F)cn2)c1. The molecular weight excluding hydrogens is 416 g/mol. The number of aliphatic imine (C=N–C) groups is 1. The Hall–Kier alpha value is -3.04. The van der Waals surface area contributed by atoms with Crippen LogP contribution in [-0.4, -0.2) is 76.1 Å². The van der Waals surface area contributed by atoms with Gasteiger partial charge in [0.25, 0.3) is 11.8 Å². The molecule has 32 heavy (non-hydrogen) atoms. The number of alkyl halides is 2. The number of halogens is 2. The second kappa shape index (κ2) is 6.98. The Morgan fingerprint density at radius 3 is 2.78 bits per heavy atom. The number of likely N-dealkylation sites (N-methyl/N-ethyl adjacent to an activating group) is 1. The van der Waals surface area contributed by atoms with Gasteiger partial charge in [0.05, 0.1) is 72.2 Å². The quantitative estimate of drug-likeness (QED) is 0.763. The second-order valence-electron chi connectivity index (χ2n) is 9.37. The van der Waals surface area contributed by atoms with Crippen molar-refractivity contribution in [2.45, 2.75) is 43.4 Å². The number of nitrogens with one attached hydrogen (secondary N) is 1. The molecule has 5 atom stereocenters. The first-order chi connectivity index (χ1) is 15.4. The van der Waals surface area contributed by atoms with Crippen molar-refractivity contribution in [2.24, 2.45) is 16.8 Å². The third-order valence-corrected chi connectivity index (χ3v) is 7.43. The highest BCUT2D eigenvalue weighted by molar-refractivity contribution is 5.94. The molecule has 2 aliphatic carbocycles. The molecule has 10 heteroatoms. The molecule has 1 N–H and O–H groups in total. The maximum Gasteiger partial charge on any atom is 0.258 e. The Bertz CT molecular complexity index is 1050. The third kappa shape index (κ3) is 3.15. The number of hydrogen-bond donors (Lipinski definition) is 1. The molecule has 2 aliphatic heterocycles. The van der Waals surface area contributed by atoms with Crippen LogP contribution in [0.4, 0.5) is 14.5 Å². The summed E-state index contributed by atoms with van der Waals surface area (Å²) in [4.78, 5) is 25.8. The Morgan fingerprint density at radius 2 is 2.03 bits per heavy atom. The van der Waals surface area contributed by atoms with E-state index >= 15 is 0 Å². The Kier molecular flexibility index (Phi) is 4.28. The van der Waals surface area contributed by atoms with Crippen molar-refractivity contribution in [2.75, 3.05) is 25.0 Å². The predicted molar refractivity (Wildman–Crippen MR) is 114 cm³/mol. The van der Waals surface area contributed by atoms with Crippen molar-refractivity contribution in [1.29, 1.82) is 0 Å². The van der Waals surface area contributed by atoms with Gasteiger partial charge in [-0.05, 0) is 25.0 Å². The van der Waals surface area contributed by atoms with Crippen LogP contribution in [0, 0.1) is 11.8 Å². The number of amides is 1. The van der Waals surface area contributed by atoms with Crippen molar-refractivity contribution in [1.82, 2.24) is 25.0 Å². The topological polar surface area (TPSA) is 78.7 Å². The molecule has 8 nitrogen and oxygen atoms in total. The molecule has 0 spiro atoms. The second-order valence-corrected chi connectivity index (χ2v) is 9.37. The summed E-state index contributed by atoms with van der Waals surface area (Å²) in [5, 5.41) is 7.41. The first-order valence-corrected chi connectivity index (χ1v) is 11.1. The van der Waals surface area contributed by atoms with Crippen LogP contribution in [0.3, 0.4) is 0 Å². The molecule has 4 aliphatic rings. The molecule has 0 aromatic carbocycles. The fraction of sp³-hybridized carbons (Fsp3) is 0.545. The largest absolute Gasteiger partial charge is 0.369 e. The lowest BCUT2D eigenvalue weighted by molar-refractivity contribution is 0.0797. The van der Waals surface area contributed by atoms with Gasteiger partial charge in [-0.25, -0.2) is 8.78 Å². The number of carbonyl (C=O) groups is 1. The van der Waals surface area contributed by atoms with E-state index < -0.39 is 17.8 Å². The van der Waals surface area contributed by atoms with E-state index in [1.165, 1.54) is 0 Å². The molecule has 0 radical (unpaired) electrons. The average Bonchev–Trinajstić information content (AvgIpc) is 3.41. The standard InChI is InChI=1S/C22H25F2N7O/c1-29-12-26-20-18(4-5-19(20)29)28-21(32)13-6-27-31(8-13)9-14-2-3-15(7-25-14)30-10-16-17(11-30)22(16,23)24/h2-3,6-8,12,16-20H,4-5,9-11H2,1H3,(H,28,32)/t16?,17?,18-,19?,20?/m1/s1. The minimum Gasteiger partial charge on any atom is -0.369 e. The van der Waals surface area contributed by atoms with E-state index in [4.69, 9.17) is 0 Å². The van der Waals surface area contributed by atoms with E-state index in [9.17, 15) is 13.6 Å². The molecule has 168 valence electrons. The molecule has 4 unspecified atom stereocenters. The van der Waals surface area contributed by atoms with Crippen LogP contribution in [0.15, 0.2) is 35.7 Å². The summed E-state index contributed by atoms with van der Waals surface area (Å²) >= 11 is 0. The number of piperidine rings is 1. The number of carbonyl (C=O) groups excluding carboxylic acids is 1. The van der Waals surface area contributed by atoms with Crippen LogP contribution in [-0.2, 0) is 6.54 Å². The van der Waals surface area contributed by atoms with Crippen LogP contribution in [0.1, 0.15) is 28.9 Å². The zero-order chi connectivity index (χ0) is 22.0. The lowest BCUT2D eigenvalue weighted by Crippen LogP contribution is -2.42. The van der Waals surface area contributed by atoms with E-state index in [2.05, 4.69) is 25.3 Å². The van der Waals surface area contributed by atoms with Gasteiger partial charge in [-0.15, -0.1) is 0 Å². The molecule has 3 fully saturated rings. The van der Waals surface area contributed by atoms with E-state index in [0.717, 1.165) is 24.2 Å². The smallest absolute Gasteiger partial charge is 0.258 e. The van der Waals surface area contributed by atoms with Gasteiger partial charge in [-0.3, -0.25) is 19.5 Å². The van der Waals surface area contributed by atoms with Crippen LogP contribution in [0.25, 0.3) is 0 Å². The van der Waals surface area contributed by atoms with E-state index in [1.807, 2.05) is 30.4 Å². The summed E-state index contributed by atoms with van der Waals surface area (Å²) in [5.74, 6) is -3.63. The minimum absolute atomic E-state index is 0.0443. The monoisotopic (exact) mass is 441 g/mol. The number of nitrogens with zero attached hydrogens (tertiary/aromatic N) is 6. The lowest BCUT2D eigenvalue weighted by atomic mass is 10.1. The highest BCUT2D eigenvalue weighted by atomic mass is 19.3. The van der Waals surface area contributed by atoms with Gasteiger partial charge in [0.15, 0.2) is 0 Å². The molecule has 2 aromatic heterocycles. The van der Waals surface area contributed by atoms with Gasteiger partial charge in [0.1, 0.15) is 0 Å². The highest BCUT2D eigenvalue weighted by Gasteiger charge is 2.71. The number of rotatable bonds is 5. The van der Waals surface area contributed by atoms with Crippen LogP contribution < -0.4 is 10.2 Å². The third-order valence-electron chi connectivity index (χ3n) is 7.43. The van der Waals surface area contributed by atoms with Gasteiger partial charge in [-0.1, -0.05) is 0 Å². The molecule has 1 amide bonds. The first-order valence-electron chi connectivity index (χ1n) is 11.1. The fourth-order valence-electron chi connectivity index (χ4n) is 5.43. The summed E-state index contributed by atoms with van der Waals surface area (Å²) in [6.07, 6.45) is 8.81. The summed E-state index contributed by atoms with van der Waals surface area (Å²) in [7, 11) is 2.02. The number of pyridine rings is 1. The molecule has 4 heterocycles. The number of anilines is 1. The normalized spacial score (nSPS) is 31.7. The lowest BCUT2D eigenvalue weighted by Gasteiger charge is -2.21. The number of fused-ring (bicyclic) bond motifs is 2. The molecular formula is C22H25F2N7O. The summed E-state index contributed by atoms with van der Waals surface area (Å²) in [5.41, 5.74) is 2.17. The zero-order valence-electron chi connectivity index (χ0n) is 17.7. The maximum atomic E-state index is 13.4. The fourth-order valence-corrected chi connectivity index (χ4v) is 5.43. The summed E-state index contributed by atoms with van der Waals surface area (Å²) < 4.78 is 28.5. The molecule has 0 bridgehead atoms. The van der Waals surface area contributed by atoms with Crippen molar-refractivity contribution in [3.05, 3.63) is 42.0 Å². The van der Waals surface area contributed by atoms with Gasteiger partial charge >= 0.3 is 0 Å². The van der Waals surface area contributed by atoms with Crippen LogP contribution in [0.2, 0.25) is 0 Å². The molecule has 6 rings (SSSR count). The van der Waals surface area contributed by atoms with Crippen LogP contribution in [0.5, 0.6) is 0 Å².